The molecular formula is C10H19IN4S. The Morgan fingerprint density at radius 2 is 2.19 bits per heavy atom. The van der Waals surface area contributed by atoms with E-state index in [4.69, 9.17) is 5.73 Å². The molecule has 0 unspecified atom stereocenters. The lowest BCUT2D eigenvalue weighted by Gasteiger charge is -2.20. The molecule has 6 heteroatoms. The summed E-state index contributed by atoms with van der Waals surface area (Å²) in [4.78, 5) is 9.53. The summed E-state index contributed by atoms with van der Waals surface area (Å²) < 4.78 is 0. The summed E-state index contributed by atoms with van der Waals surface area (Å²) in [6.45, 7) is 8.72. The summed E-state index contributed by atoms with van der Waals surface area (Å²) in [7, 11) is 0. The molecule has 0 aliphatic rings. The summed E-state index contributed by atoms with van der Waals surface area (Å²) in [6, 6.07) is 0. The summed E-state index contributed by atoms with van der Waals surface area (Å²) in [5.74, 6) is 0.480. The fraction of sp³-hybridized carbons (Fsp3) is 0.600. The Hall–Kier alpha value is -0.370. The molecule has 0 atom stereocenters. The SMILES string of the molecule is Cc1ncc(CN=C(N)NC(C)(C)C)s1.I. The van der Waals surface area contributed by atoms with Crippen LogP contribution in [0.3, 0.4) is 0 Å². The van der Waals surface area contributed by atoms with Gasteiger partial charge in [-0.25, -0.2) is 9.98 Å². The van der Waals surface area contributed by atoms with Crippen LogP contribution in [0, 0.1) is 6.92 Å². The van der Waals surface area contributed by atoms with Crippen molar-refractivity contribution in [2.45, 2.75) is 39.8 Å². The molecule has 0 fully saturated rings. The van der Waals surface area contributed by atoms with Gasteiger partial charge in [-0.05, 0) is 27.7 Å². The number of aromatic nitrogens is 1. The minimum absolute atomic E-state index is 0. The number of nitrogens with one attached hydrogen (secondary N) is 1. The van der Waals surface area contributed by atoms with Gasteiger partial charge in [0.15, 0.2) is 5.96 Å². The van der Waals surface area contributed by atoms with Crippen LogP contribution in [0.4, 0.5) is 0 Å². The molecule has 0 saturated heterocycles. The van der Waals surface area contributed by atoms with Gasteiger partial charge >= 0.3 is 0 Å². The molecule has 16 heavy (non-hydrogen) atoms. The van der Waals surface area contributed by atoms with E-state index in [2.05, 4.69) is 15.3 Å². The van der Waals surface area contributed by atoms with Gasteiger partial charge in [-0.3, -0.25) is 0 Å². The van der Waals surface area contributed by atoms with E-state index in [1.54, 1.807) is 11.3 Å². The smallest absolute Gasteiger partial charge is 0.189 e. The Bertz CT molecular complexity index is 354. The minimum Gasteiger partial charge on any atom is -0.370 e. The predicted octanol–water partition coefficient (Wildman–Crippen LogP) is 2.27. The van der Waals surface area contributed by atoms with Crippen molar-refractivity contribution >= 4 is 41.3 Å². The van der Waals surface area contributed by atoms with Gasteiger partial charge in [-0.1, -0.05) is 0 Å². The van der Waals surface area contributed by atoms with Crippen molar-refractivity contribution in [2.24, 2.45) is 10.7 Å². The first-order valence-corrected chi connectivity index (χ1v) is 5.68. The first-order chi connectivity index (χ1) is 6.87. The van der Waals surface area contributed by atoms with E-state index in [0.29, 0.717) is 12.5 Å². The van der Waals surface area contributed by atoms with Crippen LogP contribution in [0.2, 0.25) is 0 Å². The highest BCUT2D eigenvalue weighted by molar-refractivity contribution is 14.0. The zero-order valence-electron chi connectivity index (χ0n) is 10.1. The average molecular weight is 354 g/mol. The number of nitrogens with two attached hydrogens (primary N) is 1. The lowest BCUT2D eigenvalue weighted by Crippen LogP contribution is -2.44. The topological polar surface area (TPSA) is 63.3 Å². The maximum absolute atomic E-state index is 5.74. The van der Waals surface area contributed by atoms with E-state index in [1.165, 1.54) is 0 Å². The number of nitrogens with zero attached hydrogens (tertiary/aromatic N) is 2. The van der Waals surface area contributed by atoms with Gasteiger partial charge in [0.25, 0.3) is 0 Å². The number of rotatable bonds is 2. The fourth-order valence-electron chi connectivity index (χ4n) is 1.07. The Labute approximate surface area is 118 Å². The number of hydrogen-bond donors (Lipinski definition) is 2. The lowest BCUT2D eigenvalue weighted by atomic mass is 10.1. The Kier molecular flexibility index (Phi) is 6.24. The van der Waals surface area contributed by atoms with Gasteiger partial charge < -0.3 is 11.1 Å². The maximum Gasteiger partial charge on any atom is 0.189 e. The van der Waals surface area contributed by atoms with Crippen LogP contribution < -0.4 is 11.1 Å². The number of halogens is 1. The second-order valence-electron chi connectivity index (χ2n) is 4.42. The monoisotopic (exact) mass is 354 g/mol. The predicted molar refractivity (Wildman–Crippen MR) is 80.5 cm³/mol. The van der Waals surface area contributed by atoms with Gasteiger partial charge in [0.05, 0.1) is 11.6 Å². The number of aryl methyl sites for hydroxylation is 1. The number of guanidine groups is 1. The molecule has 1 heterocycles. The van der Waals surface area contributed by atoms with Gasteiger partial charge in [0.1, 0.15) is 0 Å². The summed E-state index contributed by atoms with van der Waals surface area (Å²) in [6.07, 6.45) is 1.84. The van der Waals surface area contributed by atoms with Crippen molar-refractivity contribution < 1.29 is 0 Å². The third-order valence-electron chi connectivity index (χ3n) is 1.58. The van der Waals surface area contributed by atoms with Crippen LogP contribution in [0.5, 0.6) is 0 Å². The number of thiazole rings is 1. The highest BCUT2D eigenvalue weighted by Crippen LogP contribution is 2.12. The summed E-state index contributed by atoms with van der Waals surface area (Å²) >= 11 is 1.65. The first-order valence-electron chi connectivity index (χ1n) is 4.86. The van der Waals surface area contributed by atoms with E-state index >= 15 is 0 Å². The maximum atomic E-state index is 5.74. The van der Waals surface area contributed by atoms with Crippen molar-refractivity contribution in [3.05, 3.63) is 16.1 Å². The molecule has 92 valence electrons. The largest absolute Gasteiger partial charge is 0.370 e. The molecule has 0 saturated carbocycles. The van der Waals surface area contributed by atoms with Crippen molar-refractivity contribution in [1.82, 2.24) is 10.3 Å². The summed E-state index contributed by atoms with van der Waals surface area (Å²) in [5, 5.41) is 4.17. The third kappa shape index (κ3) is 6.26. The average Bonchev–Trinajstić information content (AvgIpc) is 2.45. The van der Waals surface area contributed by atoms with Crippen LogP contribution in [0.15, 0.2) is 11.2 Å². The number of aliphatic imine (C=N–C) groups is 1. The van der Waals surface area contributed by atoms with E-state index < -0.39 is 0 Å². The standard InChI is InChI=1S/C10H18N4S.HI/c1-7-12-5-8(15-7)6-13-9(11)14-10(2,3)4;/h5H,6H2,1-4H3,(H3,11,13,14);1H. The van der Waals surface area contributed by atoms with E-state index in [0.717, 1.165) is 9.88 Å². The molecule has 3 N–H and O–H groups in total. The summed E-state index contributed by atoms with van der Waals surface area (Å²) in [5.41, 5.74) is 5.69. The zero-order chi connectivity index (χ0) is 11.5. The lowest BCUT2D eigenvalue weighted by molar-refractivity contribution is 0.508. The van der Waals surface area contributed by atoms with Crippen LogP contribution in [-0.4, -0.2) is 16.5 Å². The quantitative estimate of drug-likeness (QED) is 0.487. The van der Waals surface area contributed by atoms with Crippen molar-refractivity contribution in [3.8, 4) is 0 Å². The zero-order valence-corrected chi connectivity index (χ0v) is 13.2. The Morgan fingerprint density at radius 3 is 2.62 bits per heavy atom. The van der Waals surface area contributed by atoms with Crippen LogP contribution in [0.1, 0.15) is 30.7 Å². The molecule has 0 radical (unpaired) electrons. The molecule has 0 spiro atoms. The molecule has 4 nitrogen and oxygen atoms in total. The molecule has 0 aromatic carbocycles. The Balaban J connectivity index is 0.00000225. The second kappa shape index (κ2) is 6.39. The van der Waals surface area contributed by atoms with Crippen LogP contribution in [0.25, 0.3) is 0 Å². The second-order valence-corrected chi connectivity index (χ2v) is 5.74. The molecule has 1 aromatic rings. The molecule has 0 aliphatic carbocycles. The molecule has 0 bridgehead atoms. The van der Waals surface area contributed by atoms with Crippen molar-refractivity contribution in [1.29, 1.82) is 0 Å². The normalized spacial score (nSPS) is 12.1. The molecule has 1 rings (SSSR count). The first kappa shape index (κ1) is 15.6. The molecular weight excluding hydrogens is 335 g/mol. The van der Waals surface area contributed by atoms with Crippen LogP contribution >= 0.6 is 35.3 Å². The molecule has 0 aliphatic heterocycles. The fourth-order valence-corrected chi connectivity index (χ4v) is 1.78. The van der Waals surface area contributed by atoms with Gasteiger partial charge in [0, 0.05) is 16.6 Å². The van der Waals surface area contributed by atoms with Gasteiger partial charge in [-0.2, -0.15) is 0 Å². The molecule has 0 amide bonds. The van der Waals surface area contributed by atoms with Crippen molar-refractivity contribution in [2.75, 3.05) is 0 Å². The van der Waals surface area contributed by atoms with Crippen molar-refractivity contribution in [3.63, 3.8) is 0 Å². The van der Waals surface area contributed by atoms with Crippen LogP contribution in [-0.2, 0) is 6.54 Å². The van der Waals surface area contributed by atoms with E-state index in [9.17, 15) is 0 Å². The minimum atomic E-state index is -0.0444. The van der Waals surface area contributed by atoms with E-state index in [-0.39, 0.29) is 29.5 Å². The van der Waals surface area contributed by atoms with Gasteiger partial charge in [0.2, 0.25) is 0 Å². The number of hydrogen-bond acceptors (Lipinski definition) is 3. The van der Waals surface area contributed by atoms with Gasteiger partial charge in [-0.15, -0.1) is 35.3 Å². The highest BCUT2D eigenvalue weighted by atomic mass is 127. The van der Waals surface area contributed by atoms with E-state index in [1.807, 2.05) is 33.9 Å². The Morgan fingerprint density at radius 1 is 1.56 bits per heavy atom. The third-order valence-corrected chi connectivity index (χ3v) is 2.47. The molecule has 1 aromatic heterocycles. The highest BCUT2D eigenvalue weighted by Gasteiger charge is 2.09.